The SMILES string of the molecule is CC(C)CN1CC(C(=O)NC(C)c2ccccc2)CC1=O. The molecule has 114 valence electrons. The predicted molar refractivity (Wildman–Crippen MR) is 82.5 cm³/mol. The minimum atomic E-state index is -0.220. The van der Waals surface area contributed by atoms with Crippen molar-refractivity contribution < 1.29 is 9.59 Å². The maximum absolute atomic E-state index is 12.3. The number of carbonyl (C=O) groups is 2. The zero-order chi connectivity index (χ0) is 15.4. The van der Waals surface area contributed by atoms with Gasteiger partial charge in [0.1, 0.15) is 0 Å². The number of hydrogen-bond acceptors (Lipinski definition) is 2. The predicted octanol–water partition coefficient (Wildman–Crippen LogP) is 2.37. The highest BCUT2D eigenvalue weighted by Crippen LogP contribution is 2.21. The average Bonchev–Trinajstić information content (AvgIpc) is 2.80. The molecule has 1 aromatic carbocycles. The lowest BCUT2D eigenvalue weighted by Crippen LogP contribution is -2.35. The molecule has 4 heteroatoms. The first-order valence-electron chi connectivity index (χ1n) is 7.60. The van der Waals surface area contributed by atoms with Crippen molar-refractivity contribution in [2.75, 3.05) is 13.1 Å². The zero-order valence-electron chi connectivity index (χ0n) is 13.0. The maximum atomic E-state index is 12.3. The Bertz CT molecular complexity index is 499. The van der Waals surface area contributed by atoms with Crippen LogP contribution in [0.4, 0.5) is 0 Å². The lowest BCUT2D eigenvalue weighted by Gasteiger charge is -2.20. The molecule has 2 unspecified atom stereocenters. The summed E-state index contributed by atoms with van der Waals surface area (Å²) in [6.45, 7) is 7.41. The number of carbonyl (C=O) groups excluding carboxylic acids is 2. The molecule has 1 heterocycles. The van der Waals surface area contributed by atoms with E-state index in [1.165, 1.54) is 0 Å². The summed E-state index contributed by atoms with van der Waals surface area (Å²) < 4.78 is 0. The molecule has 0 bridgehead atoms. The molecular formula is C17H24N2O2. The van der Waals surface area contributed by atoms with Crippen LogP contribution in [0.3, 0.4) is 0 Å². The lowest BCUT2D eigenvalue weighted by atomic mass is 10.1. The smallest absolute Gasteiger partial charge is 0.225 e. The van der Waals surface area contributed by atoms with Crippen LogP contribution in [0.1, 0.15) is 38.8 Å². The molecule has 0 radical (unpaired) electrons. The molecule has 4 nitrogen and oxygen atoms in total. The van der Waals surface area contributed by atoms with Crippen LogP contribution >= 0.6 is 0 Å². The van der Waals surface area contributed by atoms with E-state index in [-0.39, 0.29) is 23.8 Å². The van der Waals surface area contributed by atoms with Crippen LogP contribution in [0.5, 0.6) is 0 Å². The van der Waals surface area contributed by atoms with Gasteiger partial charge in [0.2, 0.25) is 11.8 Å². The number of rotatable bonds is 5. The largest absolute Gasteiger partial charge is 0.349 e. The summed E-state index contributed by atoms with van der Waals surface area (Å²) in [5.74, 6) is 0.281. The second-order valence-corrected chi connectivity index (χ2v) is 6.23. The fraction of sp³-hybridized carbons (Fsp3) is 0.529. The Hall–Kier alpha value is -1.84. The van der Waals surface area contributed by atoms with Gasteiger partial charge in [0.15, 0.2) is 0 Å². The van der Waals surface area contributed by atoms with Gasteiger partial charge in [0, 0.05) is 19.5 Å². The van der Waals surface area contributed by atoms with Gasteiger partial charge in [-0.3, -0.25) is 9.59 Å². The first kappa shape index (κ1) is 15.5. The second kappa shape index (κ2) is 6.74. The quantitative estimate of drug-likeness (QED) is 0.904. The fourth-order valence-corrected chi connectivity index (χ4v) is 2.72. The molecule has 1 aromatic rings. The normalized spacial score (nSPS) is 19.9. The summed E-state index contributed by atoms with van der Waals surface area (Å²) in [6.07, 6.45) is 0.333. The standard InChI is InChI=1S/C17H24N2O2/c1-12(2)10-19-11-15(9-16(19)20)17(21)18-13(3)14-7-5-4-6-8-14/h4-8,12-13,15H,9-11H2,1-3H3,(H,18,21). The van der Waals surface area contributed by atoms with Crippen LogP contribution in [0.2, 0.25) is 0 Å². The van der Waals surface area contributed by atoms with Crippen molar-refractivity contribution in [1.29, 1.82) is 0 Å². The van der Waals surface area contributed by atoms with Crippen molar-refractivity contribution in [3.63, 3.8) is 0 Å². The van der Waals surface area contributed by atoms with Crippen LogP contribution in [0, 0.1) is 11.8 Å². The summed E-state index contributed by atoms with van der Waals surface area (Å²) >= 11 is 0. The molecule has 1 aliphatic rings. The van der Waals surface area contributed by atoms with Gasteiger partial charge in [0.25, 0.3) is 0 Å². The van der Waals surface area contributed by atoms with Gasteiger partial charge < -0.3 is 10.2 Å². The van der Waals surface area contributed by atoms with Crippen molar-refractivity contribution in [3.05, 3.63) is 35.9 Å². The van der Waals surface area contributed by atoms with Gasteiger partial charge in [-0.1, -0.05) is 44.2 Å². The van der Waals surface area contributed by atoms with E-state index in [0.717, 1.165) is 12.1 Å². The Morgan fingerprint density at radius 2 is 1.95 bits per heavy atom. The van der Waals surface area contributed by atoms with E-state index in [1.807, 2.05) is 42.2 Å². The molecule has 0 spiro atoms. The average molecular weight is 288 g/mol. The van der Waals surface area contributed by atoms with Crippen molar-refractivity contribution in [1.82, 2.24) is 10.2 Å². The van der Waals surface area contributed by atoms with E-state index < -0.39 is 0 Å². The summed E-state index contributed by atoms with van der Waals surface area (Å²) in [4.78, 5) is 26.0. The van der Waals surface area contributed by atoms with Gasteiger partial charge in [-0.25, -0.2) is 0 Å². The van der Waals surface area contributed by atoms with Gasteiger partial charge >= 0.3 is 0 Å². The second-order valence-electron chi connectivity index (χ2n) is 6.23. The Balaban J connectivity index is 1.91. The van der Waals surface area contributed by atoms with E-state index in [4.69, 9.17) is 0 Å². The Morgan fingerprint density at radius 3 is 2.57 bits per heavy atom. The maximum Gasteiger partial charge on any atom is 0.225 e. The molecule has 1 aliphatic heterocycles. The third-order valence-electron chi connectivity index (χ3n) is 3.83. The number of nitrogens with zero attached hydrogens (tertiary/aromatic N) is 1. The van der Waals surface area contributed by atoms with Gasteiger partial charge in [0.05, 0.1) is 12.0 Å². The Kier molecular flexibility index (Phi) is 4.99. The van der Waals surface area contributed by atoms with Crippen LogP contribution in [0.25, 0.3) is 0 Å². The topological polar surface area (TPSA) is 49.4 Å². The van der Waals surface area contributed by atoms with Crippen LogP contribution in [-0.2, 0) is 9.59 Å². The molecule has 1 N–H and O–H groups in total. The minimum Gasteiger partial charge on any atom is -0.349 e. The molecule has 21 heavy (non-hydrogen) atoms. The van der Waals surface area contributed by atoms with Crippen LogP contribution < -0.4 is 5.32 Å². The van der Waals surface area contributed by atoms with E-state index in [0.29, 0.717) is 18.9 Å². The molecule has 1 fully saturated rings. The first-order chi connectivity index (χ1) is 9.97. The zero-order valence-corrected chi connectivity index (χ0v) is 13.0. The third kappa shape index (κ3) is 4.06. The van der Waals surface area contributed by atoms with Crippen LogP contribution in [0.15, 0.2) is 30.3 Å². The molecule has 2 rings (SSSR count). The summed E-state index contributed by atoms with van der Waals surface area (Å²) in [6, 6.07) is 9.83. The van der Waals surface area contributed by atoms with Crippen molar-refractivity contribution in [3.8, 4) is 0 Å². The summed E-state index contributed by atoms with van der Waals surface area (Å²) in [5.41, 5.74) is 1.08. The number of nitrogens with one attached hydrogen (secondary N) is 1. The molecular weight excluding hydrogens is 264 g/mol. The van der Waals surface area contributed by atoms with Crippen molar-refractivity contribution in [2.24, 2.45) is 11.8 Å². The van der Waals surface area contributed by atoms with Gasteiger partial charge in [-0.2, -0.15) is 0 Å². The molecule has 2 amide bonds. The molecule has 0 saturated carbocycles. The van der Waals surface area contributed by atoms with E-state index in [9.17, 15) is 9.59 Å². The monoisotopic (exact) mass is 288 g/mol. The number of hydrogen-bond donors (Lipinski definition) is 1. The van der Waals surface area contributed by atoms with E-state index in [2.05, 4.69) is 19.2 Å². The van der Waals surface area contributed by atoms with Crippen molar-refractivity contribution >= 4 is 11.8 Å². The summed E-state index contributed by atoms with van der Waals surface area (Å²) in [7, 11) is 0. The number of benzene rings is 1. The molecule has 2 atom stereocenters. The highest BCUT2D eigenvalue weighted by molar-refractivity contribution is 5.89. The molecule has 0 aromatic heterocycles. The Labute approximate surface area is 126 Å². The van der Waals surface area contributed by atoms with Gasteiger partial charge in [-0.15, -0.1) is 0 Å². The highest BCUT2D eigenvalue weighted by Gasteiger charge is 2.34. The first-order valence-corrected chi connectivity index (χ1v) is 7.60. The molecule has 1 saturated heterocycles. The number of amides is 2. The van der Waals surface area contributed by atoms with E-state index in [1.54, 1.807) is 0 Å². The minimum absolute atomic E-state index is 0.0223. The highest BCUT2D eigenvalue weighted by atomic mass is 16.2. The van der Waals surface area contributed by atoms with Gasteiger partial charge in [-0.05, 0) is 18.4 Å². The lowest BCUT2D eigenvalue weighted by molar-refractivity contribution is -0.129. The van der Waals surface area contributed by atoms with Crippen molar-refractivity contribution in [2.45, 2.75) is 33.2 Å². The van der Waals surface area contributed by atoms with Crippen LogP contribution in [-0.4, -0.2) is 29.8 Å². The van der Waals surface area contributed by atoms with E-state index >= 15 is 0 Å². The number of likely N-dealkylation sites (tertiary alicyclic amines) is 1. The Morgan fingerprint density at radius 1 is 1.29 bits per heavy atom. The fourth-order valence-electron chi connectivity index (χ4n) is 2.72. The third-order valence-corrected chi connectivity index (χ3v) is 3.83. The molecule has 0 aliphatic carbocycles. The summed E-state index contributed by atoms with van der Waals surface area (Å²) in [5, 5.41) is 3.01.